The van der Waals surface area contributed by atoms with E-state index in [0.717, 1.165) is 17.7 Å². The summed E-state index contributed by atoms with van der Waals surface area (Å²) in [6, 6.07) is 17.5. The molecule has 6 heteroatoms. The maximum atomic E-state index is 13.6. The Kier molecular flexibility index (Phi) is 8.20. The van der Waals surface area contributed by atoms with Crippen molar-refractivity contribution >= 4 is 17.8 Å². The Morgan fingerprint density at radius 1 is 0.897 bits per heavy atom. The minimum atomic E-state index is -1.49. The summed E-state index contributed by atoms with van der Waals surface area (Å²) in [6.45, 7) is 4.04. The molecule has 1 N–H and O–H groups in total. The Labute approximate surface area is 194 Å². The van der Waals surface area contributed by atoms with Gasteiger partial charge >= 0.3 is 35.6 Å². The summed E-state index contributed by atoms with van der Waals surface area (Å²) in [6.07, 6.45) is 3.04. The molecule has 29 heavy (non-hydrogen) atoms. The number of imide groups is 2. The molecule has 1 aliphatic heterocycles. The number of rotatable bonds is 7. The molecule has 0 saturated carbocycles. The fourth-order valence-corrected chi connectivity index (χ4v) is 4.08. The summed E-state index contributed by atoms with van der Waals surface area (Å²) in [4.78, 5) is 40.8. The van der Waals surface area contributed by atoms with E-state index in [1.165, 1.54) is 0 Å². The molecule has 0 atom stereocenters. The van der Waals surface area contributed by atoms with Gasteiger partial charge in [-0.25, -0.2) is 9.69 Å². The zero-order valence-corrected chi connectivity index (χ0v) is 19.4. The number of benzene rings is 2. The Balaban J connectivity index is 0.00000300. The molecule has 3 rings (SSSR count). The van der Waals surface area contributed by atoms with E-state index in [0.29, 0.717) is 24.0 Å². The second-order valence-corrected chi connectivity index (χ2v) is 7.15. The van der Waals surface area contributed by atoms with Gasteiger partial charge in [0.05, 0.1) is 0 Å². The Bertz CT molecular complexity index is 809. The van der Waals surface area contributed by atoms with Crippen molar-refractivity contribution < 1.29 is 43.9 Å². The number of carbonyl (C=O) groups excluding carboxylic acids is 3. The number of nitrogens with zero attached hydrogens (tertiary/aromatic N) is 1. The van der Waals surface area contributed by atoms with Gasteiger partial charge in [-0.3, -0.25) is 14.9 Å². The second-order valence-electron chi connectivity index (χ2n) is 7.15. The maximum absolute atomic E-state index is 13.6. The van der Waals surface area contributed by atoms with Gasteiger partial charge < -0.3 is 0 Å². The van der Waals surface area contributed by atoms with E-state index in [1.807, 2.05) is 50.2 Å². The van der Waals surface area contributed by atoms with E-state index >= 15 is 0 Å². The average molecular weight is 401 g/mol. The van der Waals surface area contributed by atoms with Crippen LogP contribution in [0, 0.1) is 5.92 Å². The SMILES string of the molecule is CCCC(CCC)C(=O)N1C(=O)NC(=O)C1(c1ccccc1)c1ccccc1.[Na+]. The van der Waals surface area contributed by atoms with Crippen LogP contribution in [0.3, 0.4) is 0 Å². The normalized spacial score (nSPS) is 15.2. The van der Waals surface area contributed by atoms with Crippen LogP contribution in [0.1, 0.15) is 50.7 Å². The number of hydrogen-bond donors (Lipinski definition) is 1. The van der Waals surface area contributed by atoms with Crippen LogP contribution in [-0.2, 0) is 15.1 Å². The minimum Gasteiger partial charge on any atom is -0.275 e. The maximum Gasteiger partial charge on any atom is 1.00 e. The van der Waals surface area contributed by atoms with Crippen LogP contribution in [0.2, 0.25) is 0 Å². The standard InChI is InChI=1S/C23H26N2O3.Na/c1-3-11-17(12-4-2)20(26)25-22(28)24-21(27)23(25,18-13-7-5-8-14-18)19-15-9-6-10-16-19;/h5-10,13-17H,3-4,11-12H2,1-2H3,(H,24,27,28);/q;+1. The van der Waals surface area contributed by atoms with Gasteiger partial charge in [-0.1, -0.05) is 87.4 Å². The van der Waals surface area contributed by atoms with E-state index in [1.54, 1.807) is 24.3 Å². The summed E-state index contributed by atoms with van der Waals surface area (Å²) in [5, 5.41) is 2.40. The van der Waals surface area contributed by atoms with Gasteiger partial charge in [0.2, 0.25) is 5.91 Å². The van der Waals surface area contributed by atoms with Crippen molar-refractivity contribution in [3.63, 3.8) is 0 Å². The van der Waals surface area contributed by atoms with Crippen molar-refractivity contribution in [1.29, 1.82) is 0 Å². The number of amides is 4. The molecule has 0 bridgehead atoms. The topological polar surface area (TPSA) is 66.5 Å². The van der Waals surface area contributed by atoms with Gasteiger partial charge in [0.15, 0.2) is 5.54 Å². The monoisotopic (exact) mass is 401 g/mol. The van der Waals surface area contributed by atoms with Crippen LogP contribution < -0.4 is 34.9 Å². The fourth-order valence-electron chi connectivity index (χ4n) is 4.08. The molecule has 0 aromatic heterocycles. The van der Waals surface area contributed by atoms with Gasteiger partial charge in [0.1, 0.15) is 0 Å². The summed E-state index contributed by atoms with van der Waals surface area (Å²) in [5.74, 6) is -1.08. The molecule has 5 nitrogen and oxygen atoms in total. The molecule has 2 aromatic rings. The zero-order valence-electron chi connectivity index (χ0n) is 17.4. The van der Waals surface area contributed by atoms with Crippen LogP contribution >= 0.6 is 0 Å². The fraction of sp³-hybridized carbons (Fsp3) is 0.348. The van der Waals surface area contributed by atoms with Crippen LogP contribution in [-0.4, -0.2) is 22.7 Å². The Morgan fingerprint density at radius 2 is 1.34 bits per heavy atom. The molecule has 1 saturated heterocycles. The molecule has 0 unspecified atom stereocenters. The minimum absolute atomic E-state index is 0. The first-order chi connectivity index (χ1) is 13.6. The smallest absolute Gasteiger partial charge is 0.275 e. The van der Waals surface area contributed by atoms with Gasteiger partial charge in [-0.15, -0.1) is 0 Å². The second kappa shape index (κ2) is 10.2. The van der Waals surface area contributed by atoms with Crippen LogP contribution in [0.25, 0.3) is 0 Å². The summed E-state index contributed by atoms with van der Waals surface area (Å²) in [5.41, 5.74) is -0.287. The third kappa shape index (κ3) is 4.18. The van der Waals surface area contributed by atoms with Gasteiger partial charge in [0.25, 0.3) is 5.91 Å². The predicted molar refractivity (Wildman–Crippen MR) is 107 cm³/mol. The molecule has 4 amide bonds. The van der Waals surface area contributed by atoms with E-state index in [-0.39, 0.29) is 41.4 Å². The summed E-state index contributed by atoms with van der Waals surface area (Å²) < 4.78 is 0. The number of urea groups is 1. The van der Waals surface area contributed by atoms with E-state index in [4.69, 9.17) is 0 Å². The van der Waals surface area contributed by atoms with Crippen molar-refractivity contribution in [1.82, 2.24) is 10.2 Å². The summed E-state index contributed by atoms with van der Waals surface area (Å²) >= 11 is 0. The third-order valence-corrected chi connectivity index (χ3v) is 5.31. The van der Waals surface area contributed by atoms with Crippen LogP contribution in [0.4, 0.5) is 4.79 Å². The van der Waals surface area contributed by atoms with Gasteiger partial charge in [0, 0.05) is 5.92 Å². The molecular formula is C23H26N2NaO3+. The predicted octanol–water partition coefficient (Wildman–Crippen LogP) is 1.23. The number of hydrogen-bond acceptors (Lipinski definition) is 3. The first-order valence-corrected chi connectivity index (χ1v) is 9.87. The van der Waals surface area contributed by atoms with E-state index in [9.17, 15) is 14.4 Å². The Morgan fingerprint density at radius 3 is 1.76 bits per heavy atom. The molecule has 0 aliphatic carbocycles. The average Bonchev–Trinajstić information content (AvgIpc) is 2.99. The van der Waals surface area contributed by atoms with Crippen molar-refractivity contribution in [2.24, 2.45) is 5.92 Å². The van der Waals surface area contributed by atoms with Crippen molar-refractivity contribution in [3.8, 4) is 0 Å². The van der Waals surface area contributed by atoms with Crippen LogP contribution in [0.5, 0.6) is 0 Å². The quantitative estimate of drug-likeness (QED) is 0.561. The Hall–Kier alpha value is -1.95. The van der Waals surface area contributed by atoms with Crippen molar-refractivity contribution in [2.45, 2.75) is 45.1 Å². The molecule has 2 aromatic carbocycles. The molecule has 1 aliphatic rings. The molecule has 0 spiro atoms. The summed E-state index contributed by atoms with van der Waals surface area (Å²) in [7, 11) is 0. The van der Waals surface area contributed by atoms with Gasteiger partial charge in [-0.05, 0) is 24.0 Å². The third-order valence-electron chi connectivity index (χ3n) is 5.31. The van der Waals surface area contributed by atoms with E-state index in [2.05, 4.69) is 5.32 Å². The first-order valence-electron chi connectivity index (χ1n) is 9.87. The zero-order chi connectivity index (χ0) is 20.1. The molecule has 1 fully saturated rings. The molecule has 1 heterocycles. The first kappa shape index (κ1) is 23.3. The van der Waals surface area contributed by atoms with E-state index < -0.39 is 17.5 Å². The van der Waals surface area contributed by atoms with Crippen molar-refractivity contribution in [3.05, 3.63) is 71.8 Å². The largest absolute Gasteiger partial charge is 1.00 e. The molecule has 146 valence electrons. The number of nitrogens with one attached hydrogen (secondary N) is 1. The van der Waals surface area contributed by atoms with Crippen LogP contribution in [0.15, 0.2) is 60.7 Å². The van der Waals surface area contributed by atoms with Gasteiger partial charge in [-0.2, -0.15) is 0 Å². The number of carbonyl (C=O) groups is 3. The van der Waals surface area contributed by atoms with Crippen molar-refractivity contribution in [2.75, 3.05) is 0 Å². The molecule has 0 radical (unpaired) electrons. The molecular weight excluding hydrogens is 375 g/mol.